The van der Waals surface area contributed by atoms with Crippen LogP contribution >= 0.6 is 11.6 Å². The highest BCUT2D eigenvalue weighted by atomic mass is 35.5. The number of alkyl halides is 3. The molecular weight excluding hydrogens is 421 g/mol. The topological polar surface area (TPSA) is 62.6 Å². The van der Waals surface area contributed by atoms with Gasteiger partial charge in [-0.2, -0.15) is 13.2 Å². The van der Waals surface area contributed by atoms with Crippen molar-refractivity contribution in [1.82, 2.24) is 4.90 Å². The minimum absolute atomic E-state index is 0.00796. The minimum atomic E-state index is -4.62. The Morgan fingerprint density at radius 3 is 2.60 bits per heavy atom. The summed E-state index contributed by atoms with van der Waals surface area (Å²) in [7, 11) is 1.66. The van der Waals surface area contributed by atoms with Gasteiger partial charge >= 0.3 is 11.8 Å². The molecule has 2 aromatic carbocycles. The van der Waals surface area contributed by atoms with Crippen LogP contribution in [0.2, 0.25) is 5.02 Å². The monoisotopic (exact) mass is 438 g/mol. The molecule has 3 rings (SSSR count). The predicted octanol–water partition coefficient (Wildman–Crippen LogP) is 4.84. The zero-order valence-electron chi connectivity index (χ0n) is 16.1. The van der Waals surface area contributed by atoms with Crippen LogP contribution in [0.4, 0.5) is 18.9 Å². The molecule has 0 aliphatic carbocycles. The normalized spacial score (nSPS) is 11.8. The van der Waals surface area contributed by atoms with Crippen LogP contribution < -0.4 is 10.9 Å². The van der Waals surface area contributed by atoms with Crippen LogP contribution in [0, 0.1) is 6.92 Å². The minimum Gasteiger partial charge on any atom is -0.423 e. The Morgan fingerprint density at radius 1 is 1.17 bits per heavy atom. The lowest BCUT2D eigenvalue weighted by atomic mass is 10.1. The lowest BCUT2D eigenvalue weighted by molar-refractivity contribution is -0.137. The summed E-state index contributed by atoms with van der Waals surface area (Å²) in [6, 6.07) is 10.0. The molecule has 0 saturated heterocycles. The molecule has 0 bridgehead atoms. The lowest BCUT2D eigenvalue weighted by Crippen LogP contribution is -2.30. The largest absolute Gasteiger partial charge is 0.423 e. The molecule has 1 aromatic heterocycles. The fraction of sp³-hybridized carbons (Fsp3) is 0.238. The molecule has 30 heavy (non-hydrogen) atoms. The summed E-state index contributed by atoms with van der Waals surface area (Å²) in [4.78, 5) is 25.8. The van der Waals surface area contributed by atoms with Crippen molar-refractivity contribution >= 4 is 34.2 Å². The van der Waals surface area contributed by atoms with Gasteiger partial charge in [-0.3, -0.25) is 9.69 Å². The Balaban J connectivity index is 1.72. The first-order chi connectivity index (χ1) is 14.0. The summed E-state index contributed by atoms with van der Waals surface area (Å²) in [6.45, 7) is 2.05. The van der Waals surface area contributed by atoms with E-state index in [1.54, 1.807) is 18.0 Å². The number of likely N-dealkylation sites (N-methyl/N-ethyl adjacent to an activating group) is 1. The number of amides is 1. The van der Waals surface area contributed by atoms with E-state index in [2.05, 4.69) is 5.32 Å². The van der Waals surface area contributed by atoms with Crippen molar-refractivity contribution in [1.29, 1.82) is 0 Å². The number of aryl methyl sites for hydroxylation is 1. The maximum absolute atomic E-state index is 13.0. The molecular formula is C21H18ClF3N2O3. The highest BCUT2D eigenvalue weighted by Gasteiger charge is 2.33. The number of carbonyl (C=O) groups is 1. The van der Waals surface area contributed by atoms with E-state index < -0.39 is 28.3 Å². The average molecular weight is 439 g/mol. The van der Waals surface area contributed by atoms with E-state index in [0.717, 1.165) is 23.1 Å². The van der Waals surface area contributed by atoms with E-state index in [-0.39, 0.29) is 18.8 Å². The smallest absolute Gasteiger partial charge is 0.417 e. The molecule has 1 heterocycles. The second kappa shape index (κ2) is 8.49. The molecule has 3 aromatic rings. The summed E-state index contributed by atoms with van der Waals surface area (Å²) >= 11 is 5.59. The van der Waals surface area contributed by atoms with E-state index in [1.165, 1.54) is 12.1 Å². The van der Waals surface area contributed by atoms with Gasteiger partial charge in [0, 0.05) is 23.7 Å². The van der Waals surface area contributed by atoms with E-state index >= 15 is 0 Å². The lowest BCUT2D eigenvalue weighted by Gasteiger charge is -2.18. The molecule has 0 atom stereocenters. The molecule has 0 aliphatic heterocycles. The van der Waals surface area contributed by atoms with Crippen LogP contribution in [-0.4, -0.2) is 24.4 Å². The second-order valence-corrected chi connectivity index (χ2v) is 7.41. The number of hydrogen-bond donors (Lipinski definition) is 1. The van der Waals surface area contributed by atoms with Gasteiger partial charge in [-0.25, -0.2) is 4.79 Å². The summed E-state index contributed by atoms with van der Waals surface area (Å²) in [5, 5.41) is 2.74. The van der Waals surface area contributed by atoms with Crippen molar-refractivity contribution in [2.24, 2.45) is 0 Å². The summed E-state index contributed by atoms with van der Waals surface area (Å²) in [5.74, 6) is -0.504. The standard InChI is InChI=1S/C21H18ClF3N2O3/c1-12-3-5-15-13(8-20(29)30-18(15)7-12)10-27(2)11-19(28)26-14-4-6-17(22)16(9-14)21(23,24)25/h3-9H,10-11H2,1-2H3,(H,26,28). The van der Waals surface area contributed by atoms with E-state index in [1.807, 2.05) is 19.1 Å². The third kappa shape index (κ3) is 5.20. The summed E-state index contributed by atoms with van der Waals surface area (Å²) in [6.07, 6.45) is -4.62. The van der Waals surface area contributed by atoms with Gasteiger partial charge in [0.2, 0.25) is 5.91 Å². The maximum atomic E-state index is 13.0. The number of nitrogens with one attached hydrogen (secondary N) is 1. The first-order valence-electron chi connectivity index (χ1n) is 8.91. The Morgan fingerprint density at radius 2 is 1.90 bits per heavy atom. The van der Waals surface area contributed by atoms with E-state index in [0.29, 0.717) is 11.1 Å². The second-order valence-electron chi connectivity index (χ2n) is 7.00. The molecule has 1 amide bonds. The van der Waals surface area contributed by atoms with Gasteiger partial charge < -0.3 is 9.73 Å². The zero-order valence-corrected chi connectivity index (χ0v) is 16.9. The number of anilines is 1. The molecule has 0 spiro atoms. The summed E-state index contributed by atoms with van der Waals surface area (Å²) in [5.41, 5.74) is 0.552. The third-order valence-electron chi connectivity index (χ3n) is 4.40. The average Bonchev–Trinajstić information content (AvgIpc) is 2.61. The van der Waals surface area contributed by atoms with Gasteiger partial charge in [-0.15, -0.1) is 0 Å². The molecule has 0 unspecified atom stereocenters. The molecule has 5 nitrogen and oxygen atoms in total. The van der Waals surface area contributed by atoms with Crippen molar-refractivity contribution in [2.75, 3.05) is 18.9 Å². The van der Waals surface area contributed by atoms with Crippen molar-refractivity contribution in [2.45, 2.75) is 19.6 Å². The number of nitrogens with zero attached hydrogens (tertiary/aromatic N) is 1. The highest BCUT2D eigenvalue weighted by Crippen LogP contribution is 2.36. The van der Waals surface area contributed by atoms with Crippen LogP contribution in [-0.2, 0) is 17.5 Å². The molecule has 0 saturated carbocycles. The SMILES string of the molecule is Cc1ccc2c(CN(C)CC(=O)Nc3ccc(Cl)c(C(F)(F)F)c3)cc(=O)oc2c1. The highest BCUT2D eigenvalue weighted by molar-refractivity contribution is 6.31. The first-order valence-corrected chi connectivity index (χ1v) is 9.29. The number of benzene rings is 2. The summed E-state index contributed by atoms with van der Waals surface area (Å²) < 4.78 is 44.1. The quantitative estimate of drug-likeness (QED) is 0.579. The predicted molar refractivity (Wildman–Crippen MR) is 109 cm³/mol. The van der Waals surface area contributed by atoms with E-state index in [4.69, 9.17) is 16.0 Å². The number of carbonyl (C=O) groups excluding carboxylic acids is 1. The fourth-order valence-electron chi connectivity index (χ4n) is 3.08. The van der Waals surface area contributed by atoms with Gasteiger partial charge in [0.15, 0.2) is 0 Å². The third-order valence-corrected chi connectivity index (χ3v) is 4.72. The Bertz CT molecular complexity index is 1160. The molecule has 1 N–H and O–H groups in total. The fourth-order valence-corrected chi connectivity index (χ4v) is 3.31. The van der Waals surface area contributed by atoms with Crippen molar-refractivity contribution in [3.63, 3.8) is 0 Å². The molecule has 0 aliphatic rings. The van der Waals surface area contributed by atoms with Crippen LogP contribution in [0.3, 0.4) is 0 Å². The van der Waals surface area contributed by atoms with Crippen molar-refractivity contribution in [3.05, 3.63) is 74.6 Å². The van der Waals surface area contributed by atoms with E-state index in [9.17, 15) is 22.8 Å². The Labute approximate surface area is 175 Å². The van der Waals surface area contributed by atoms with Crippen LogP contribution in [0.25, 0.3) is 11.0 Å². The Hall–Kier alpha value is -2.84. The van der Waals surface area contributed by atoms with Crippen molar-refractivity contribution in [3.8, 4) is 0 Å². The first kappa shape index (κ1) is 21.9. The van der Waals surface area contributed by atoms with Crippen LogP contribution in [0.5, 0.6) is 0 Å². The van der Waals surface area contributed by atoms with Gasteiger partial charge in [0.1, 0.15) is 5.58 Å². The van der Waals surface area contributed by atoms with Crippen LogP contribution in [0.15, 0.2) is 51.7 Å². The Kier molecular flexibility index (Phi) is 6.19. The molecule has 158 valence electrons. The molecule has 9 heteroatoms. The molecule has 0 radical (unpaired) electrons. The van der Waals surface area contributed by atoms with Gasteiger partial charge in [-0.1, -0.05) is 23.7 Å². The number of rotatable bonds is 5. The van der Waals surface area contributed by atoms with Gasteiger partial charge in [-0.05, 0) is 49.4 Å². The number of hydrogen-bond acceptors (Lipinski definition) is 4. The van der Waals surface area contributed by atoms with Gasteiger partial charge in [0.25, 0.3) is 0 Å². The van der Waals surface area contributed by atoms with Crippen molar-refractivity contribution < 1.29 is 22.4 Å². The number of fused-ring (bicyclic) bond motifs is 1. The molecule has 0 fully saturated rings. The van der Waals surface area contributed by atoms with Crippen LogP contribution in [0.1, 0.15) is 16.7 Å². The zero-order chi connectivity index (χ0) is 22.1. The van der Waals surface area contributed by atoms with Gasteiger partial charge in [0.05, 0.1) is 17.1 Å². The number of halogens is 4. The maximum Gasteiger partial charge on any atom is 0.417 e.